The average molecular weight is 352 g/mol. The van der Waals surface area contributed by atoms with Crippen LogP contribution in [-0.2, 0) is 23.7 Å². The minimum Gasteiger partial charge on any atom is -0.441 e. The molecule has 140 valence electrons. The lowest BCUT2D eigenvalue weighted by Crippen LogP contribution is -2.60. The second kappa shape index (κ2) is 10.4. The highest BCUT2D eigenvalue weighted by Crippen LogP contribution is 2.24. The van der Waals surface area contributed by atoms with Crippen LogP contribution in [0.2, 0.25) is 0 Å². The van der Waals surface area contributed by atoms with Crippen LogP contribution in [0.4, 0.5) is 4.79 Å². The maximum absolute atomic E-state index is 10.9. The van der Waals surface area contributed by atoms with Crippen LogP contribution in [0.5, 0.6) is 0 Å². The van der Waals surface area contributed by atoms with Gasteiger partial charge in [-0.05, 0) is 0 Å². The number of aliphatic hydroxyl groups excluding tert-OH is 3. The van der Waals surface area contributed by atoms with Gasteiger partial charge in [0.2, 0.25) is 5.91 Å². The van der Waals surface area contributed by atoms with Crippen molar-refractivity contribution in [1.82, 2.24) is 5.32 Å². The van der Waals surface area contributed by atoms with E-state index in [1.165, 1.54) is 6.92 Å². The number of hydrogen-bond acceptors (Lipinski definition) is 9. The number of primary amides is 1. The quantitative estimate of drug-likeness (QED) is 0.272. The molecule has 5 atom stereocenters. The molecule has 0 unspecified atom stereocenters. The molecule has 0 bridgehead atoms. The molecule has 0 aliphatic carbocycles. The van der Waals surface area contributed by atoms with E-state index in [0.29, 0.717) is 6.54 Å². The zero-order valence-corrected chi connectivity index (χ0v) is 13.3. The number of nitrogens with two attached hydrogens (primary N) is 1. The molecule has 1 aliphatic heterocycles. The molecule has 2 amide bonds. The van der Waals surface area contributed by atoms with Gasteiger partial charge in [0, 0.05) is 13.5 Å². The van der Waals surface area contributed by atoms with Crippen LogP contribution in [0.1, 0.15) is 6.92 Å². The van der Waals surface area contributed by atoms with Crippen molar-refractivity contribution in [2.75, 3.05) is 33.0 Å². The Balaban J connectivity index is 2.39. The molecule has 0 spiro atoms. The Kier molecular flexibility index (Phi) is 8.89. The lowest BCUT2D eigenvalue weighted by atomic mass is 9.99. The Hall–Kier alpha value is -1.50. The molecule has 0 aromatic rings. The van der Waals surface area contributed by atoms with Crippen LogP contribution >= 0.6 is 0 Å². The Morgan fingerprint density at radius 3 is 2.50 bits per heavy atom. The van der Waals surface area contributed by atoms with E-state index in [-0.39, 0.29) is 25.7 Å². The first-order chi connectivity index (χ1) is 11.4. The van der Waals surface area contributed by atoms with Gasteiger partial charge in [-0.2, -0.15) is 0 Å². The predicted molar refractivity (Wildman–Crippen MR) is 77.7 cm³/mol. The number of hydrogen-bond donors (Lipinski definition) is 5. The number of aliphatic hydroxyl groups is 3. The molecule has 6 N–H and O–H groups in total. The largest absolute Gasteiger partial charge is 0.441 e. The van der Waals surface area contributed by atoms with Crippen molar-refractivity contribution >= 4 is 12.0 Å². The molecule has 0 aromatic carbocycles. The van der Waals surface area contributed by atoms with Crippen molar-refractivity contribution in [2.24, 2.45) is 5.73 Å². The fourth-order valence-corrected chi connectivity index (χ4v) is 2.09. The highest BCUT2D eigenvalue weighted by molar-refractivity contribution is 5.72. The number of carbonyl (C=O) groups excluding carboxylic acids is 2. The molecular formula is C13H24N2O9. The highest BCUT2D eigenvalue weighted by atomic mass is 16.7. The highest BCUT2D eigenvalue weighted by Gasteiger charge is 2.47. The van der Waals surface area contributed by atoms with Gasteiger partial charge >= 0.3 is 6.09 Å². The molecule has 24 heavy (non-hydrogen) atoms. The van der Waals surface area contributed by atoms with Crippen molar-refractivity contribution in [2.45, 2.75) is 37.6 Å². The van der Waals surface area contributed by atoms with Gasteiger partial charge in [-0.25, -0.2) is 4.79 Å². The van der Waals surface area contributed by atoms with E-state index in [1.54, 1.807) is 0 Å². The second-order valence-corrected chi connectivity index (χ2v) is 5.07. The van der Waals surface area contributed by atoms with Gasteiger partial charge in [0.15, 0.2) is 12.4 Å². The first-order valence-electron chi connectivity index (χ1n) is 7.39. The van der Waals surface area contributed by atoms with E-state index in [2.05, 4.69) is 10.1 Å². The molecule has 11 nitrogen and oxygen atoms in total. The third kappa shape index (κ3) is 6.55. The summed E-state index contributed by atoms with van der Waals surface area (Å²) in [6.07, 6.45) is -7.87. The van der Waals surface area contributed by atoms with E-state index in [9.17, 15) is 24.9 Å². The van der Waals surface area contributed by atoms with Crippen molar-refractivity contribution in [3.63, 3.8) is 0 Å². The summed E-state index contributed by atoms with van der Waals surface area (Å²) in [5, 5.41) is 31.7. The summed E-state index contributed by atoms with van der Waals surface area (Å²) in [7, 11) is 0. The van der Waals surface area contributed by atoms with Gasteiger partial charge in [-0.1, -0.05) is 0 Å². The van der Waals surface area contributed by atoms with Gasteiger partial charge in [0.1, 0.15) is 18.3 Å². The second-order valence-electron chi connectivity index (χ2n) is 5.07. The lowest BCUT2D eigenvalue weighted by molar-refractivity contribution is -0.301. The predicted octanol–water partition coefficient (Wildman–Crippen LogP) is -2.94. The van der Waals surface area contributed by atoms with Crippen molar-refractivity contribution in [3.05, 3.63) is 0 Å². The maximum atomic E-state index is 10.9. The van der Waals surface area contributed by atoms with E-state index in [0.717, 1.165) is 0 Å². The first-order valence-corrected chi connectivity index (χ1v) is 7.39. The molecular weight excluding hydrogens is 328 g/mol. The molecule has 1 saturated heterocycles. The Labute approximate surface area is 138 Å². The van der Waals surface area contributed by atoms with Gasteiger partial charge in [0.05, 0.1) is 26.4 Å². The smallest absolute Gasteiger partial charge is 0.404 e. The maximum Gasteiger partial charge on any atom is 0.404 e. The van der Waals surface area contributed by atoms with Crippen LogP contribution in [0.25, 0.3) is 0 Å². The fraction of sp³-hybridized carbons (Fsp3) is 0.846. The van der Waals surface area contributed by atoms with E-state index in [4.69, 9.17) is 19.9 Å². The third-order valence-electron chi connectivity index (χ3n) is 3.20. The Morgan fingerprint density at radius 1 is 1.21 bits per heavy atom. The minimum atomic E-state index is -1.49. The zero-order chi connectivity index (χ0) is 18.1. The summed E-state index contributed by atoms with van der Waals surface area (Å²) < 4.78 is 20.3. The van der Waals surface area contributed by atoms with E-state index in [1.807, 2.05) is 0 Å². The molecule has 11 heteroatoms. The molecule has 1 heterocycles. The summed E-state index contributed by atoms with van der Waals surface area (Å²) in [5.74, 6) is -0.164. The summed E-state index contributed by atoms with van der Waals surface area (Å²) >= 11 is 0. The van der Waals surface area contributed by atoms with E-state index >= 15 is 0 Å². The molecule has 0 saturated carbocycles. The topological polar surface area (TPSA) is 170 Å². The molecule has 0 radical (unpaired) electrons. The summed E-state index contributed by atoms with van der Waals surface area (Å²) in [4.78, 5) is 21.5. The molecule has 0 aromatic heterocycles. The van der Waals surface area contributed by atoms with Crippen molar-refractivity contribution in [3.8, 4) is 0 Å². The number of amides is 2. The number of rotatable bonds is 9. The van der Waals surface area contributed by atoms with Crippen molar-refractivity contribution < 1.29 is 43.9 Å². The number of nitrogens with one attached hydrogen (secondary N) is 1. The Bertz CT molecular complexity index is 409. The van der Waals surface area contributed by atoms with Crippen LogP contribution in [0.15, 0.2) is 0 Å². The monoisotopic (exact) mass is 352 g/mol. The van der Waals surface area contributed by atoms with Crippen LogP contribution in [0, 0.1) is 0 Å². The minimum absolute atomic E-state index is 0.0271. The van der Waals surface area contributed by atoms with Crippen LogP contribution < -0.4 is 11.1 Å². The summed E-state index contributed by atoms with van der Waals surface area (Å²) in [5.41, 5.74) is 4.89. The van der Waals surface area contributed by atoms with Gasteiger partial charge in [0.25, 0.3) is 0 Å². The third-order valence-corrected chi connectivity index (χ3v) is 3.20. The summed E-state index contributed by atoms with van der Waals surface area (Å²) in [6.45, 7) is 1.63. The number of ether oxygens (including phenoxy) is 4. The van der Waals surface area contributed by atoms with Gasteiger partial charge < -0.3 is 45.3 Å². The lowest BCUT2D eigenvalue weighted by Gasteiger charge is -2.40. The zero-order valence-electron chi connectivity index (χ0n) is 13.3. The molecule has 1 rings (SSSR count). The van der Waals surface area contributed by atoms with Crippen LogP contribution in [-0.4, -0.2) is 91.0 Å². The van der Waals surface area contributed by atoms with E-state index < -0.39 is 43.4 Å². The van der Waals surface area contributed by atoms with Crippen LogP contribution in [0.3, 0.4) is 0 Å². The first kappa shape index (κ1) is 20.5. The molecule has 1 fully saturated rings. The van der Waals surface area contributed by atoms with Gasteiger partial charge in [-0.15, -0.1) is 0 Å². The Morgan fingerprint density at radius 2 is 1.92 bits per heavy atom. The average Bonchev–Trinajstić information content (AvgIpc) is 2.51. The SMILES string of the molecule is CC(=O)NCCOCCO[C@H]1O[C@H](CO)[C@@H](O)[C@H](OC(N)=O)[C@@H]1O. The normalized spacial score (nSPS) is 29.9. The summed E-state index contributed by atoms with van der Waals surface area (Å²) in [6, 6.07) is 0. The number of carbonyl (C=O) groups is 2. The fourth-order valence-electron chi connectivity index (χ4n) is 2.09. The van der Waals surface area contributed by atoms with Crippen molar-refractivity contribution in [1.29, 1.82) is 0 Å². The standard InChI is InChI=1S/C13H24N2O9/c1-7(17)15-2-3-21-4-5-22-12-10(19)11(24-13(14)20)9(18)8(6-16)23-12/h8-12,16,18-19H,2-6H2,1H3,(H2,14,20)(H,15,17)/t8-,9-,10+,11+,12+/m1/s1. The van der Waals surface area contributed by atoms with Gasteiger partial charge in [-0.3, -0.25) is 4.79 Å². The molecule has 1 aliphatic rings.